The molecule has 0 radical (unpaired) electrons. The number of carbonyl (C=O) groups is 1. The van der Waals surface area contributed by atoms with Crippen molar-refractivity contribution >= 4 is 5.91 Å². The highest BCUT2D eigenvalue weighted by atomic mass is 16.3. The van der Waals surface area contributed by atoms with Crippen LogP contribution in [-0.2, 0) is 4.79 Å². The Morgan fingerprint density at radius 3 is 2.53 bits per heavy atom. The second kappa shape index (κ2) is 3.61. The van der Waals surface area contributed by atoms with Gasteiger partial charge in [0, 0.05) is 23.5 Å². The fraction of sp³-hybridized carbons (Fsp3) is 0.800. The number of hydrogen-bond acceptors (Lipinski definition) is 3. The van der Waals surface area contributed by atoms with Crippen molar-refractivity contribution < 1.29 is 15.0 Å². The van der Waals surface area contributed by atoms with Crippen molar-refractivity contribution in [2.45, 2.75) is 62.7 Å². The standard InChI is InChI=1S/C15H23NO3/c1-9(2)12(17)16-14-5-11-4-13(18,7-14)8-15(19,6-11)10(14)3/h10-11,18-19H,1,4-8H2,2-3H3,(H,16,17). The van der Waals surface area contributed by atoms with E-state index in [1.165, 1.54) is 0 Å². The van der Waals surface area contributed by atoms with Gasteiger partial charge in [-0.3, -0.25) is 4.79 Å². The van der Waals surface area contributed by atoms with Gasteiger partial charge in [0.05, 0.1) is 11.2 Å². The number of carbonyl (C=O) groups excluding carboxylic acids is 1. The molecule has 0 spiro atoms. The lowest BCUT2D eigenvalue weighted by Gasteiger charge is -2.66. The second-order valence-corrected chi connectivity index (χ2v) is 7.27. The van der Waals surface area contributed by atoms with Gasteiger partial charge in [0.2, 0.25) is 5.91 Å². The molecule has 5 atom stereocenters. The first-order chi connectivity index (χ1) is 8.68. The zero-order chi connectivity index (χ0) is 14.1. The van der Waals surface area contributed by atoms with Crippen LogP contribution in [-0.4, -0.2) is 32.9 Å². The maximum atomic E-state index is 12.0. The van der Waals surface area contributed by atoms with Crippen molar-refractivity contribution in [3.8, 4) is 0 Å². The molecule has 4 rings (SSSR count). The van der Waals surface area contributed by atoms with E-state index < -0.39 is 16.7 Å². The molecular formula is C15H23NO3. The van der Waals surface area contributed by atoms with E-state index in [1.807, 2.05) is 6.92 Å². The Morgan fingerprint density at radius 1 is 1.26 bits per heavy atom. The van der Waals surface area contributed by atoms with Crippen molar-refractivity contribution in [1.82, 2.24) is 5.32 Å². The Hall–Kier alpha value is -0.870. The summed E-state index contributed by atoms with van der Waals surface area (Å²) in [5.74, 6) is 0.111. The third-order valence-electron chi connectivity index (χ3n) is 5.63. The molecule has 4 bridgehead atoms. The molecule has 106 valence electrons. The summed E-state index contributed by atoms with van der Waals surface area (Å²) in [5, 5.41) is 24.6. The maximum Gasteiger partial charge on any atom is 0.246 e. The van der Waals surface area contributed by atoms with Crippen LogP contribution in [0.4, 0.5) is 0 Å². The Morgan fingerprint density at radius 2 is 1.95 bits per heavy atom. The Kier molecular flexibility index (Phi) is 2.50. The smallest absolute Gasteiger partial charge is 0.246 e. The molecule has 4 aliphatic carbocycles. The summed E-state index contributed by atoms with van der Waals surface area (Å²) < 4.78 is 0. The fourth-order valence-corrected chi connectivity index (χ4v) is 4.99. The second-order valence-electron chi connectivity index (χ2n) is 7.27. The minimum Gasteiger partial charge on any atom is -0.390 e. The van der Waals surface area contributed by atoms with Gasteiger partial charge in [-0.1, -0.05) is 13.5 Å². The Labute approximate surface area is 113 Å². The molecule has 0 aromatic heterocycles. The van der Waals surface area contributed by atoms with Crippen LogP contribution in [0.3, 0.4) is 0 Å². The van der Waals surface area contributed by atoms with Gasteiger partial charge in [0.15, 0.2) is 0 Å². The van der Waals surface area contributed by atoms with Crippen LogP contribution in [0.25, 0.3) is 0 Å². The van der Waals surface area contributed by atoms with Gasteiger partial charge in [-0.2, -0.15) is 0 Å². The third kappa shape index (κ3) is 1.77. The van der Waals surface area contributed by atoms with Crippen molar-refractivity contribution in [2.24, 2.45) is 11.8 Å². The van der Waals surface area contributed by atoms with Crippen LogP contribution >= 0.6 is 0 Å². The van der Waals surface area contributed by atoms with E-state index in [4.69, 9.17) is 0 Å². The fourth-order valence-electron chi connectivity index (χ4n) is 4.99. The van der Waals surface area contributed by atoms with E-state index in [9.17, 15) is 15.0 Å². The molecule has 19 heavy (non-hydrogen) atoms. The molecule has 0 aromatic rings. The van der Waals surface area contributed by atoms with Crippen LogP contribution < -0.4 is 5.32 Å². The maximum absolute atomic E-state index is 12.0. The van der Waals surface area contributed by atoms with Crippen LogP contribution in [0.15, 0.2) is 12.2 Å². The van der Waals surface area contributed by atoms with E-state index in [0.717, 1.165) is 19.3 Å². The first kappa shape index (κ1) is 13.1. The summed E-state index contributed by atoms with van der Waals surface area (Å²) in [6, 6.07) is 0. The SMILES string of the molecule is C=C(C)C(=O)NC12CC3CC(O)(CC(O)(C3)C1C)C2. The van der Waals surface area contributed by atoms with Crippen molar-refractivity contribution in [3.63, 3.8) is 0 Å². The highest BCUT2D eigenvalue weighted by Gasteiger charge is 2.66. The van der Waals surface area contributed by atoms with Crippen LogP contribution in [0.2, 0.25) is 0 Å². The van der Waals surface area contributed by atoms with Gasteiger partial charge >= 0.3 is 0 Å². The zero-order valence-corrected chi connectivity index (χ0v) is 11.7. The summed E-state index contributed by atoms with van der Waals surface area (Å²) in [7, 11) is 0. The molecule has 4 fully saturated rings. The lowest BCUT2D eigenvalue weighted by molar-refractivity contribution is -0.240. The summed E-state index contributed by atoms with van der Waals surface area (Å²) >= 11 is 0. The van der Waals surface area contributed by atoms with Gasteiger partial charge in [-0.25, -0.2) is 0 Å². The molecule has 0 aromatic carbocycles. The summed E-state index contributed by atoms with van der Waals surface area (Å²) in [4.78, 5) is 12.0. The highest BCUT2D eigenvalue weighted by molar-refractivity contribution is 5.92. The molecule has 4 nitrogen and oxygen atoms in total. The first-order valence-corrected chi connectivity index (χ1v) is 7.11. The minimum atomic E-state index is -0.837. The zero-order valence-electron chi connectivity index (χ0n) is 11.7. The molecule has 0 heterocycles. The Bertz CT molecular complexity index is 462. The number of aliphatic hydroxyl groups is 2. The number of nitrogens with one attached hydrogen (secondary N) is 1. The van der Waals surface area contributed by atoms with Crippen molar-refractivity contribution in [2.75, 3.05) is 0 Å². The summed E-state index contributed by atoms with van der Waals surface area (Å²) in [5.41, 5.74) is -1.65. The third-order valence-corrected chi connectivity index (χ3v) is 5.63. The predicted molar refractivity (Wildman–Crippen MR) is 71.3 cm³/mol. The largest absolute Gasteiger partial charge is 0.390 e. The van der Waals surface area contributed by atoms with Crippen LogP contribution in [0.1, 0.15) is 46.0 Å². The molecule has 5 unspecified atom stereocenters. The molecule has 4 heteroatoms. The van der Waals surface area contributed by atoms with Gasteiger partial charge in [-0.15, -0.1) is 0 Å². The van der Waals surface area contributed by atoms with E-state index in [0.29, 0.717) is 24.3 Å². The molecule has 1 amide bonds. The summed E-state index contributed by atoms with van der Waals surface area (Å²) in [6.45, 7) is 7.36. The average Bonchev–Trinajstić information content (AvgIpc) is 2.22. The van der Waals surface area contributed by atoms with Crippen LogP contribution in [0, 0.1) is 11.8 Å². The van der Waals surface area contributed by atoms with Crippen molar-refractivity contribution in [1.29, 1.82) is 0 Å². The van der Waals surface area contributed by atoms with E-state index in [1.54, 1.807) is 6.92 Å². The molecule has 4 aliphatic rings. The normalized spacial score (nSPS) is 51.2. The molecule has 0 aliphatic heterocycles. The van der Waals surface area contributed by atoms with E-state index in [2.05, 4.69) is 11.9 Å². The monoisotopic (exact) mass is 265 g/mol. The predicted octanol–water partition coefficient (Wildman–Crippen LogP) is 1.12. The number of hydrogen-bond donors (Lipinski definition) is 3. The van der Waals surface area contributed by atoms with Gasteiger partial charge in [-0.05, 0) is 38.5 Å². The topological polar surface area (TPSA) is 69.6 Å². The minimum absolute atomic E-state index is 0.0277. The van der Waals surface area contributed by atoms with Crippen molar-refractivity contribution in [3.05, 3.63) is 12.2 Å². The number of rotatable bonds is 2. The average molecular weight is 265 g/mol. The molecule has 3 N–H and O–H groups in total. The lowest BCUT2D eigenvalue weighted by Crippen LogP contribution is -2.75. The summed E-state index contributed by atoms with van der Waals surface area (Å²) in [6.07, 6.45) is 3.37. The quantitative estimate of drug-likeness (QED) is 0.655. The Balaban J connectivity index is 1.96. The first-order valence-electron chi connectivity index (χ1n) is 7.11. The van der Waals surface area contributed by atoms with Gasteiger partial charge < -0.3 is 15.5 Å². The molecule has 4 saturated carbocycles. The van der Waals surface area contributed by atoms with Gasteiger partial charge in [0.25, 0.3) is 0 Å². The lowest BCUT2D eigenvalue weighted by atomic mass is 9.45. The number of amides is 1. The van der Waals surface area contributed by atoms with E-state index >= 15 is 0 Å². The molecule has 0 saturated heterocycles. The van der Waals surface area contributed by atoms with Gasteiger partial charge in [0.1, 0.15) is 0 Å². The highest BCUT2D eigenvalue weighted by Crippen LogP contribution is 2.61. The van der Waals surface area contributed by atoms with E-state index in [-0.39, 0.29) is 11.8 Å². The molecular weight excluding hydrogens is 242 g/mol. The van der Waals surface area contributed by atoms with Crippen LogP contribution in [0.5, 0.6) is 0 Å².